The zero-order valence-electron chi connectivity index (χ0n) is 27.8. The summed E-state index contributed by atoms with van der Waals surface area (Å²) in [5.41, 5.74) is -0.329. The molecular weight excluding hydrogens is 586 g/mol. The molecule has 14 heteroatoms. The molecule has 0 spiro atoms. The number of esters is 3. The zero-order valence-corrected chi connectivity index (χ0v) is 27.8. The van der Waals surface area contributed by atoms with Crippen LogP contribution in [0.4, 0.5) is 5.82 Å². The van der Waals surface area contributed by atoms with Gasteiger partial charge in [0.2, 0.25) is 5.91 Å². The van der Waals surface area contributed by atoms with E-state index in [1.54, 1.807) is 85.9 Å². The molecule has 5 atom stereocenters. The highest BCUT2D eigenvalue weighted by Gasteiger charge is 2.58. The Morgan fingerprint density at radius 1 is 0.933 bits per heavy atom. The molecule has 250 valence electrons. The molecule has 0 saturated carbocycles. The number of aromatic nitrogens is 3. The quantitative estimate of drug-likeness (QED) is 0.135. The van der Waals surface area contributed by atoms with E-state index >= 15 is 0 Å². The molecule has 1 amide bonds. The highest BCUT2D eigenvalue weighted by Crippen LogP contribution is 2.44. The van der Waals surface area contributed by atoms with Gasteiger partial charge in [0.25, 0.3) is 0 Å². The van der Waals surface area contributed by atoms with Gasteiger partial charge in [-0.3, -0.25) is 24.5 Å². The van der Waals surface area contributed by atoms with E-state index in [4.69, 9.17) is 23.7 Å². The predicted octanol–water partition coefficient (Wildman–Crippen LogP) is 3.19. The van der Waals surface area contributed by atoms with Crippen molar-refractivity contribution >= 4 is 35.1 Å². The first-order chi connectivity index (χ1) is 21.1. The average molecular weight is 634 g/mol. The standard InChI is InChI=1S/C31H47N5O9/c1-16(2)27(37)35-26-22-12-11-21(36(22)34-14-32-26)23-24(43-28(38)17(3)4)25(44-29(39)18(5)6)31(10,45-23)13-41-15-33-20(9)30(40)42-19(7)8/h11-12,14,16-20,23-25,33H,13,15H2,1-10H3,(H,32,34,35,37)/t20-,23-,24-,25-,31+/m0/s1. The zero-order chi connectivity index (χ0) is 33.6. The molecule has 1 saturated heterocycles. The summed E-state index contributed by atoms with van der Waals surface area (Å²) in [5.74, 6) is -2.59. The highest BCUT2D eigenvalue weighted by atomic mass is 16.7. The first-order valence-corrected chi connectivity index (χ1v) is 15.3. The molecule has 3 heterocycles. The Labute approximate surface area is 263 Å². The number of rotatable bonds is 14. The number of ether oxygens (including phenoxy) is 5. The summed E-state index contributed by atoms with van der Waals surface area (Å²) < 4.78 is 31.2. The number of carbonyl (C=O) groups excluding carboxylic acids is 4. The molecule has 1 aliphatic rings. The van der Waals surface area contributed by atoms with Crippen molar-refractivity contribution in [3.05, 3.63) is 24.2 Å². The molecule has 45 heavy (non-hydrogen) atoms. The van der Waals surface area contributed by atoms with Crippen molar-refractivity contribution in [2.75, 3.05) is 18.7 Å². The van der Waals surface area contributed by atoms with E-state index in [-0.39, 0.29) is 31.3 Å². The Kier molecular flexibility index (Phi) is 12.0. The molecule has 2 aromatic heterocycles. The minimum Gasteiger partial charge on any atom is -0.462 e. The fraction of sp³-hybridized carbons (Fsp3) is 0.677. The number of fused-ring (bicyclic) bond motifs is 1. The summed E-state index contributed by atoms with van der Waals surface area (Å²) in [6.07, 6.45) is -2.07. The average Bonchev–Trinajstić information content (AvgIpc) is 3.50. The lowest BCUT2D eigenvalue weighted by molar-refractivity contribution is -0.178. The fourth-order valence-electron chi connectivity index (χ4n) is 4.50. The summed E-state index contributed by atoms with van der Waals surface area (Å²) in [7, 11) is 0. The van der Waals surface area contributed by atoms with Crippen LogP contribution in [0.15, 0.2) is 18.5 Å². The van der Waals surface area contributed by atoms with Crippen molar-refractivity contribution in [1.82, 2.24) is 19.9 Å². The second-order valence-corrected chi connectivity index (χ2v) is 12.6. The molecule has 2 aromatic rings. The van der Waals surface area contributed by atoms with Gasteiger partial charge in [-0.2, -0.15) is 5.10 Å². The van der Waals surface area contributed by atoms with Crippen LogP contribution in [-0.4, -0.2) is 81.7 Å². The Morgan fingerprint density at radius 2 is 1.58 bits per heavy atom. The van der Waals surface area contributed by atoms with Crippen LogP contribution in [0.2, 0.25) is 0 Å². The van der Waals surface area contributed by atoms with Gasteiger partial charge >= 0.3 is 17.9 Å². The molecular formula is C31H47N5O9. The molecule has 0 aliphatic carbocycles. The van der Waals surface area contributed by atoms with Gasteiger partial charge in [-0.25, -0.2) is 9.50 Å². The van der Waals surface area contributed by atoms with E-state index in [1.807, 2.05) is 0 Å². The molecule has 1 fully saturated rings. The predicted molar refractivity (Wildman–Crippen MR) is 163 cm³/mol. The first kappa shape index (κ1) is 35.9. The Bertz CT molecular complexity index is 1360. The van der Waals surface area contributed by atoms with Crippen molar-refractivity contribution in [2.24, 2.45) is 17.8 Å². The largest absolute Gasteiger partial charge is 0.462 e. The molecule has 3 rings (SSSR count). The van der Waals surface area contributed by atoms with Crippen LogP contribution in [0.3, 0.4) is 0 Å². The molecule has 1 aliphatic heterocycles. The smallest absolute Gasteiger partial charge is 0.323 e. The summed E-state index contributed by atoms with van der Waals surface area (Å²) in [5, 5.41) is 10.1. The van der Waals surface area contributed by atoms with E-state index in [9.17, 15) is 19.2 Å². The number of anilines is 1. The first-order valence-electron chi connectivity index (χ1n) is 15.3. The van der Waals surface area contributed by atoms with E-state index in [0.29, 0.717) is 17.0 Å². The summed E-state index contributed by atoms with van der Waals surface area (Å²) in [6.45, 7) is 17.1. The van der Waals surface area contributed by atoms with Crippen molar-refractivity contribution in [2.45, 2.75) is 105 Å². The van der Waals surface area contributed by atoms with E-state index in [0.717, 1.165) is 0 Å². The van der Waals surface area contributed by atoms with Crippen LogP contribution < -0.4 is 10.6 Å². The summed E-state index contributed by atoms with van der Waals surface area (Å²) >= 11 is 0. The van der Waals surface area contributed by atoms with Crippen LogP contribution in [-0.2, 0) is 42.9 Å². The molecule has 0 aromatic carbocycles. The van der Waals surface area contributed by atoms with Crippen LogP contribution in [0.25, 0.3) is 5.52 Å². The van der Waals surface area contributed by atoms with Crippen LogP contribution >= 0.6 is 0 Å². The second-order valence-electron chi connectivity index (χ2n) is 12.6. The molecule has 0 radical (unpaired) electrons. The minimum absolute atomic E-state index is 0.0422. The summed E-state index contributed by atoms with van der Waals surface area (Å²) in [4.78, 5) is 54.8. The molecule has 0 unspecified atom stereocenters. The number of amides is 1. The maximum atomic E-state index is 13.0. The topological polar surface area (TPSA) is 169 Å². The van der Waals surface area contributed by atoms with Gasteiger partial charge in [-0.1, -0.05) is 41.5 Å². The Hall–Kier alpha value is -3.62. The van der Waals surface area contributed by atoms with Crippen LogP contribution in [0.1, 0.15) is 81.0 Å². The van der Waals surface area contributed by atoms with Crippen molar-refractivity contribution in [3.63, 3.8) is 0 Å². The Balaban J connectivity index is 1.98. The lowest BCUT2D eigenvalue weighted by Crippen LogP contribution is -2.49. The number of nitrogens with one attached hydrogen (secondary N) is 2. The van der Waals surface area contributed by atoms with Gasteiger partial charge in [-0.05, 0) is 39.8 Å². The minimum atomic E-state index is -1.30. The van der Waals surface area contributed by atoms with Gasteiger partial charge < -0.3 is 29.0 Å². The molecule has 2 N–H and O–H groups in total. The van der Waals surface area contributed by atoms with Crippen molar-refractivity contribution in [3.8, 4) is 0 Å². The van der Waals surface area contributed by atoms with E-state index in [1.165, 1.54) is 6.33 Å². The second kappa shape index (κ2) is 15.1. The monoisotopic (exact) mass is 633 g/mol. The van der Waals surface area contributed by atoms with Gasteiger partial charge in [-0.15, -0.1) is 0 Å². The SMILES string of the molecule is CC(C)OC(=O)[C@H](C)NCOC[C@@]1(C)O[C@@H](c2ccc3c(NC(=O)C(C)C)ncnn23)[C@H](OC(=O)C(C)C)[C@@H]1OC(=O)C(C)C. The number of hydrogen-bond donors (Lipinski definition) is 2. The lowest BCUT2D eigenvalue weighted by Gasteiger charge is -2.31. The van der Waals surface area contributed by atoms with Crippen molar-refractivity contribution < 1.29 is 42.9 Å². The third kappa shape index (κ3) is 8.76. The fourth-order valence-corrected chi connectivity index (χ4v) is 4.50. The number of nitrogens with zero attached hydrogens (tertiary/aromatic N) is 3. The lowest BCUT2D eigenvalue weighted by atomic mass is 9.95. The Morgan fingerprint density at radius 3 is 2.18 bits per heavy atom. The van der Waals surface area contributed by atoms with E-state index in [2.05, 4.69) is 20.7 Å². The van der Waals surface area contributed by atoms with Crippen LogP contribution in [0.5, 0.6) is 0 Å². The maximum absolute atomic E-state index is 13.0. The third-order valence-electron chi connectivity index (χ3n) is 7.16. The van der Waals surface area contributed by atoms with Gasteiger partial charge in [0.15, 0.2) is 18.0 Å². The van der Waals surface area contributed by atoms with Gasteiger partial charge in [0, 0.05) is 5.92 Å². The number of carbonyl (C=O) groups is 4. The summed E-state index contributed by atoms with van der Waals surface area (Å²) in [6, 6.07) is 2.82. The van der Waals surface area contributed by atoms with Gasteiger partial charge in [0.1, 0.15) is 29.6 Å². The molecule has 14 nitrogen and oxygen atoms in total. The highest BCUT2D eigenvalue weighted by molar-refractivity contribution is 5.94. The maximum Gasteiger partial charge on any atom is 0.323 e. The number of hydrogen-bond acceptors (Lipinski definition) is 12. The molecule has 0 bridgehead atoms. The van der Waals surface area contributed by atoms with Crippen molar-refractivity contribution in [1.29, 1.82) is 0 Å². The van der Waals surface area contributed by atoms with E-state index < -0.39 is 59.7 Å². The third-order valence-corrected chi connectivity index (χ3v) is 7.16. The van der Waals surface area contributed by atoms with Gasteiger partial charge in [0.05, 0.1) is 37.0 Å². The normalized spacial score (nSPS) is 22.3. The van der Waals surface area contributed by atoms with Crippen LogP contribution in [0, 0.1) is 17.8 Å².